The quantitative estimate of drug-likeness (QED) is 0.823. The van der Waals surface area contributed by atoms with Crippen molar-refractivity contribution in [3.8, 4) is 0 Å². The molecule has 0 spiro atoms. The van der Waals surface area contributed by atoms with E-state index in [0.29, 0.717) is 29.9 Å². The molecule has 0 bridgehead atoms. The maximum atomic E-state index is 12.7. The molecule has 4 atom stereocenters. The average Bonchev–Trinajstić information content (AvgIpc) is 3.19. The number of hydrogen-bond acceptors (Lipinski definition) is 3. The first-order valence-electron chi connectivity index (χ1n) is 9.25. The molecule has 2 saturated heterocycles. The van der Waals surface area contributed by atoms with Crippen molar-refractivity contribution in [2.75, 3.05) is 11.4 Å². The van der Waals surface area contributed by atoms with Crippen LogP contribution in [0.5, 0.6) is 0 Å². The maximum absolute atomic E-state index is 12.7. The Bertz CT molecular complexity index is 671. The number of rotatable bonds is 3. The summed E-state index contributed by atoms with van der Waals surface area (Å²) in [5, 5.41) is 7.05. The van der Waals surface area contributed by atoms with Gasteiger partial charge < -0.3 is 15.5 Å². The predicted molar refractivity (Wildman–Crippen MR) is 105 cm³/mol. The van der Waals surface area contributed by atoms with Gasteiger partial charge >= 0.3 is 0 Å². The van der Waals surface area contributed by atoms with E-state index in [0.717, 1.165) is 12.1 Å². The number of hydrogen-bond donors (Lipinski definition) is 2. The smallest absolute Gasteiger partial charge is 0.249 e. The molecule has 2 N–H and O–H groups in total. The van der Waals surface area contributed by atoms with E-state index in [1.807, 2.05) is 12.1 Å². The van der Waals surface area contributed by atoms with Gasteiger partial charge in [0.2, 0.25) is 11.8 Å². The monoisotopic (exact) mass is 397 g/mol. The second kappa shape index (κ2) is 8.15. The number of fused-ring (bicyclic) bond motifs is 1. The van der Waals surface area contributed by atoms with Crippen LogP contribution in [0.4, 0.5) is 5.69 Å². The highest BCUT2D eigenvalue weighted by Gasteiger charge is 2.40. The molecule has 2 aliphatic heterocycles. The summed E-state index contributed by atoms with van der Waals surface area (Å²) >= 11 is 6.02. The molecule has 0 radical (unpaired) electrons. The van der Waals surface area contributed by atoms with Crippen molar-refractivity contribution in [1.29, 1.82) is 0 Å². The molecular weight excluding hydrogens is 373 g/mol. The Balaban J connectivity index is 0.00000196. The fourth-order valence-electron chi connectivity index (χ4n) is 4.51. The lowest BCUT2D eigenvalue weighted by Crippen LogP contribution is -2.49. The Morgan fingerprint density at radius 1 is 1.23 bits per heavy atom. The minimum atomic E-state index is -0.434. The van der Waals surface area contributed by atoms with Gasteiger partial charge in [-0.25, -0.2) is 0 Å². The van der Waals surface area contributed by atoms with Crippen LogP contribution in [0.1, 0.15) is 38.5 Å². The number of nitrogens with one attached hydrogen (secondary N) is 2. The molecule has 4 unspecified atom stereocenters. The number of benzene rings is 1. The molecule has 3 fully saturated rings. The van der Waals surface area contributed by atoms with Gasteiger partial charge in [-0.1, -0.05) is 30.5 Å². The minimum Gasteiger partial charge on any atom is -0.343 e. The maximum Gasteiger partial charge on any atom is 0.249 e. The highest BCUT2D eigenvalue weighted by molar-refractivity contribution is 6.31. The van der Waals surface area contributed by atoms with E-state index in [1.165, 1.54) is 25.7 Å². The SMILES string of the molecule is Cl.O=C(NC1CCN(c2cccc(Cl)c2)C1=O)C1CC2CCCCC2N1. The summed E-state index contributed by atoms with van der Waals surface area (Å²) in [5.74, 6) is 0.540. The van der Waals surface area contributed by atoms with Crippen LogP contribution >= 0.6 is 24.0 Å². The zero-order valence-corrected chi connectivity index (χ0v) is 16.2. The van der Waals surface area contributed by atoms with Gasteiger partial charge in [-0.2, -0.15) is 0 Å². The van der Waals surface area contributed by atoms with Crippen molar-refractivity contribution in [2.45, 2.75) is 56.7 Å². The first-order valence-corrected chi connectivity index (χ1v) is 9.63. The van der Waals surface area contributed by atoms with E-state index in [4.69, 9.17) is 11.6 Å². The van der Waals surface area contributed by atoms with Gasteiger partial charge in [0.25, 0.3) is 0 Å². The third-order valence-electron chi connectivity index (χ3n) is 5.82. The number of carbonyl (C=O) groups is 2. The molecule has 2 heterocycles. The van der Waals surface area contributed by atoms with Gasteiger partial charge in [0.05, 0.1) is 6.04 Å². The lowest BCUT2D eigenvalue weighted by molar-refractivity contribution is -0.127. The Hall–Kier alpha value is -1.30. The van der Waals surface area contributed by atoms with Crippen molar-refractivity contribution in [1.82, 2.24) is 10.6 Å². The van der Waals surface area contributed by atoms with Crippen LogP contribution in [0.25, 0.3) is 0 Å². The van der Waals surface area contributed by atoms with Gasteiger partial charge in [0.15, 0.2) is 0 Å². The van der Waals surface area contributed by atoms with E-state index >= 15 is 0 Å². The molecule has 3 aliphatic rings. The summed E-state index contributed by atoms with van der Waals surface area (Å²) < 4.78 is 0. The highest BCUT2D eigenvalue weighted by atomic mass is 35.5. The number of amides is 2. The van der Waals surface area contributed by atoms with Crippen molar-refractivity contribution in [2.24, 2.45) is 5.92 Å². The average molecular weight is 398 g/mol. The van der Waals surface area contributed by atoms with E-state index in [2.05, 4.69) is 10.6 Å². The number of nitrogens with zero attached hydrogens (tertiary/aromatic N) is 1. The molecule has 1 aromatic rings. The van der Waals surface area contributed by atoms with Crippen LogP contribution in [0, 0.1) is 5.92 Å². The second-order valence-corrected chi connectivity index (χ2v) is 7.86. The molecule has 2 amide bonds. The summed E-state index contributed by atoms with van der Waals surface area (Å²) in [4.78, 5) is 27.0. The molecule has 5 nitrogen and oxygen atoms in total. The van der Waals surface area contributed by atoms with Crippen molar-refractivity contribution in [3.05, 3.63) is 29.3 Å². The molecule has 1 aliphatic carbocycles. The fourth-order valence-corrected chi connectivity index (χ4v) is 4.69. The Morgan fingerprint density at radius 3 is 2.81 bits per heavy atom. The predicted octanol–water partition coefficient (Wildman–Crippen LogP) is 2.90. The largest absolute Gasteiger partial charge is 0.343 e. The first kappa shape index (κ1) is 19.5. The van der Waals surface area contributed by atoms with Gasteiger partial charge in [-0.15, -0.1) is 12.4 Å². The number of carbonyl (C=O) groups excluding carboxylic acids is 2. The molecular formula is C19H25Cl2N3O2. The molecule has 142 valence electrons. The van der Waals surface area contributed by atoms with Crippen LogP contribution in [0.2, 0.25) is 5.02 Å². The third kappa shape index (κ3) is 3.85. The molecule has 4 rings (SSSR count). The van der Waals surface area contributed by atoms with Crippen LogP contribution in [0.15, 0.2) is 24.3 Å². The summed E-state index contributed by atoms with van der Waals surface area (Å²) in [5.41, 5.74) is 0.791. The van der Waals surface area contributed by atoms with E-state index < -0.39 is 6.04 Å². The molecule has 7 heteroatoms. The zero-order chi connectivity index (χ0) is 17.4. The van der Waals surface area contributed by atoms with Crippen molar-refractivity contribution >= 4 is 41.5 Å². The Kier molecular flexibility index (Phi) is 6.10. The highest BCUT2D eigenvalue weighted by Crippen LogP contribution is 2.33. The topological polar surface area (TPSA) is 61.4 Å². The van der Waals surface area contributed by atoms with Crippen LogP contribution < -0.4 is 15.5 Å². The van der Waals surface area contributed by atoms with Crippen LogP contribution in [-0.2, 0) is 9.59 Å². The molecule has 26 heavy (non-hydrogen) atoms. The van der Waals surface area contributed by atoms with E-state index in [-0.39, 0.29) is 30.3 Å². The lowest BCUT2D eigenvalue weighted by atomic mass is 9.85. The number of anilines is 1. The van der Waals surface area contributed by atoms with E-state index in [9.17, 15) is 9.59 Å². The van der Waals surface area contributed by atoms with Gasteiger partial charge in [0.1, 0.15) is 6.04 Å². The Morgan fingerprint density at radius 2 is 2.04 bits per heavy atom. The van der Waals surface area contributed by atoms with Crippen molar-refractivity contribution in [3.63, 3.8) is 0 Å². The van der Waals surface area contributed by atoms with Gasteiger partial charge in [-0.05, 0) is 49.8 Å². The van der Waals surface area contributed by atoms with Crippen molar-refractivity contribution < 1.29 is 9.59 Å². The third-order valence-corrected chi connectivity index (χ3v) is 6.06. The van der Waals surface area contributed by atoms with Crippen LogP contribution in [0.3, 0.4) is 0 Å². The molecule has 1 aromatic carbocycles. The summed E-state index contributed by atoms with van der Waals surface area (Å²) in [6, 6.07) is 7.17. The van der Waals surface area contributed by atoms with Gasteiger partial charge in [0, 0.05) is 23.3 Å². The number of halogens is 2. The summed E-state index contributed by atoms with van der Waals surface area (Å²) in [6.07, 6.45) is 6.43. The normalized spacial score (nSPS) is 30.7. The summed E-state index contributed by atoms with van der Waals surface area (Å²) in [6.45, 7) is 0.605. The van der Waals surface area contributed by atoms with Gasteiger partial charge in [-0.3, -0.25) is 9.59 Å². The lowest BCUT2D eigenvalue weighted by Gasteiger charge is -2.24. The second-order valence-electron chi connectivity index (χ2n) is 7.43. The standard InChI is InChI=1S/C19H24ClN3O2.ClH/c20-13-5-3-6-14(11-13)23-9-8-16(19(23)25)22-18(24)17-10-12-4-1-2-7-15(12)21-17;/h3,5-6,11-12,15-17,21H,1-2,4,7-10H2,(H,22,24);1H. The molecule has 1 saturated carbocycles. The zero-order valence-electron chi connectivity index (χ0n) is 14.6. The first-order chi connectivity index (χ1) is 12.1. The Labute approximate surface area is 165 Å². The molecule has 0 aromatic heterocycles. The fraction of sp³-hybridized carbons (Fsp3) is 0.579. The summed E-state index contributed by atoms with van der Waals surface area (Å²) in [7, 11) is 0. The van der Waals surface area contributed by atoms with E-state index in [1.54, 1.807) is 17.0 Å². The van der Waals surface area contributed by atoms with Crippen LogP contribution in [-0.4, -0.2) is 36.5 Å². The minimum absolute atomic E-state index is 0.